The van der Waals surface area contributed by atoms with Crippen LogP contribution < -0.4 is 0 Å². The van der Waals surface area contributed by atoms with Gasteiger partial charge in [0.1, 0.15) is 5.82 Å². The van der Waals surface area contributed by atoms with E-state index in [9.17, 15) is 0 Å². The maximum absolute atomic E-state index is 5.59. The molecule has 1 aromatic heterocycles. The smallest absolute Gasteiger partial charge is 0.203 e. The van der Waals surface area contributed by atoms with Crippen molar-refractivity contribution in [1.29, 1.82) is 0 Å². The summed E-state index contributed by atoms with van der Waals surface area (Å²) in [5.74, 6) is 1.47. The van der Waals surface area contributed by atoms with Gasteiger partial charge in [0, 0.05) is 6.42 Å². The van der Waals surface area contributed by atoms with Crippen molar-refractivity contribution in [3.05, 3.63) is 10.3 Å². The van der Waals surface area contributed by atoms with Crippen LogP contribution >= 0.6 is 23.1 Å². The van der Waals surface area contributed by atoms with Crippen molar-refractivity contribution in [2.75, 3.05) is 0 Å². The van der Waals surface area contributed by atoms with Crippen LogP contribution in [0.1, 0.15) is 19.7 Å². The Morgan fingerprint density at radius 1 is 1.60 bits per heavy atom. The molecule has 1 aromatic rings. The van der Waals surface area contributed by atoms with Gasteiger partial charge in [-0.3, -0.25) is 0 Å². The molecule has 10 heavy (non-hydrogen) atoms. The van der Waals surface area contributed by atoms with E-state index in [0.29, 0.717) is 10.4 Å². The summed E-state index contributed by atoms with van der Waals surface area (Å²) in [6.07, 6.45) is 0.920. The lowest BCUT2D eigenvalue weighted by atomic mass is 10.1. The van der Waals surface area contributed by atoms with Crippen LogP contribution in [0.2, 0.25) is 4.47 Å². The van der Waals surface area contributed by atoms with Crippen LogP contribution in [0.3, 0.4) is 0 Å². The van der Waals surface area contributed by atoms with Crippen LogP contribution in [0, 0.1) is 5.92 Å². The van der Waals surface area contributed by atoms with Crippen molar-refractivity contribution in [2.24, 2.45) is 5.92 Å². The van der Waals surface area contributed by atoms with Crippen LogP contribution in [-0.4, -0.2) is 9.36 Å². The fourth-order valence-electron chi connectivity index (χ4n) is 0.681. The zero-order valence-electron chi connectivity index (χ0n) is 5.97. The SMILES string of the molecule is CC(C)Cc1nsc(Cl)n1. The standard InChI is InChI=1S/C6H9ClN2S/c1-4(2)3-5-8-6(7)10-9-5/h4H,3H2,1-2H3. The lowest BCUT2D eigenvalue weighted by Gasteiger charge is -1.96. The third-order valence-electron chi connectivity index (χ3n) is 1.03. The molecule has 1 rings (SSSR count). The van der Waals surface area contributed by atoms with Gasteiger partial charge < -0.3 is 0 Å². The van der Waals surface area contributed by atoms with Gasteiger partial charge in [-0.2, -0.15) is 4.37 Å². The van der Waals surface area contributed by atoms with E-state index in [0.717, 1.165) is 12.2 Å². The number of nitrogens with zero attached hydrogens (tertiary/aromatic N) is 2. The largest absolute Gasteiger partial charge is 0.208 e. The molecular weight excluding hydrogens is 168 g/mol. The van der Waals surface area contributed by atoms with Crippen molar-refractivity contribution >= 4 is 23.1 Å². The zero-order valence-corrected chi connectivity index (χ0v) is 7.54. The van der Waals surface area contributed by atoms with Crippen molar-refractivity contribution in [1.82, 2.24) is 9.36 Å². The van der Waals surface area contributed by atoms with E-state index < -0.39 is 0 Å². The second kappa shape index (κ2) is 3.30. The molecule has 0 saturated carbocycles. The summed E-state index contributed by atoms with van der Waals surface area (Å²) in [6, 6.07) is 0. The number of hydrogen-bond acceptors (Lipinski definition) is 3. The Kier molecular flexibility index (Phi) is 2.63. The highest BCUT2D eigenvalue weighted by atomic mass is 35.5. The molecule has 0 aliphatic carbocycles. The highest BCUT2D eigenvalue weighted by Crippen LogP contribution is 2.12. The molecule has 0 fully saturated rings. The predicted octanol–water partition coefficient (Wildman–Crippen LogP) is 2.39. The minimum Gasteiger partial charge on any atom is -0.208 e. The maximum atomic E-state index is 5.59. The van der Waals surface area contributed by atoms with E-state index in [1.54, 1.807) is 0 Å². The summed E-state index contributed by atoms with van der Waals surface area (Å²) in [6.45, 7) is 4.27. The van der Waals surface area contributed by atoms with Crippen LogP contribution in [0.15, 0.2) is 0 Å². The number of halogens is 1. The molecule has 4 heteroatoms. The highest BCUT2D eigenvalue weighted by molar-refractivity contribution is 7.10. The molecule has 0 aliphatic rings. The van der Waals surface area contributed by atoms with Gasteiger partial charge in [-0.15, -0.1) is 0 Å². The molecule has 0 unspecified atom stereocenters. The maximum Gasteiger partial charge on any atom is 0.203 e. The monoisotopic (exact) mass is 176 g/mol. The van der Waals surface area contributed by atoms with Gasteiger partial charge in [0.25, 0.3) is 0 Å². The normalized spacial score (nSPS) is 10.8. The topological polar surface area (TPSA) is 25.8 Å². The first-order valence-corrected chi connectivity index (χ1v) is 4.31. The Morgan fingerprint density at radius 3 is 2.70 bits per heavy atom. The van der Waals surface area contributed by atoms with Crippen molar-refractivity contribution in [3.8, 4) is 0 Å². The molecule has 0 saturated heterocycles. The highest BCUT2D eigenvalue weighted by Gasteiger charge is 2.02. The lowest BCUT2D eigenvalue weighted by molar-refractivity contribution is 0.627. The van der Waals surface area contributed by atoms with Gasteiger partial charge in [0.15, 0.2) is 0 Å². The first-order chi connectivity index (χ1) is 4.68. The minimum atomic E-state index is 0.538. The number of aromatic nitrogens is 2. The Labute approximate surface area is 69.4 Å². The van der Waals surface area contributed by atoms with Crippen LogP contribution in [0.4, 0.5) is 0 Å². The molecule has 1 heterocycles. The first-order valence-electron chi connectivity index (χ1n) is 3.16. The van der Waals surface area contributed by atoms with Crippen LogP contribution in [-0.2, 0) is 6.42 Å². The third-order valence-corrected chi connectivity index (χ3v) is 1.87. The van der Waals surface area contributed by atoms with Gasteiger partial charge in [0.05, 0.1) is 0 Å². The van der Waals surface area contributed by atoms with Gasteiger partial charge in [-0.1, -0.05) is 13.8 Å². The van der Waals surface area contributed by atoms with Crippen molar-refractivity contribution in [2.45, 2.75) is 20.3 Å². The molecule has 0 amide bonds. The Bertz CT molecular complexity index is 209. The van der Waals surface area contributed by atoms with Gasteiger partial charge in [0.2, 0.25) is 4.47 Å². The van der Waals surface area contributed by atoms with E-state index in [-0.39, 0.29) is 0 Å². The van der Waals surface area contributed by atoms with E-state index >= 15 is 0 Å². The number of hydrogen-bond donors (Lipinski definition) is 0. The van der Waals surface area contributed by atoms with E-state index in [2.05, 4.69) is 23.2 Å². The Balaban J connectivity index is 2.58. The molecule has 2 nitrogen and oxygen atoms in total. The zero-order chi connectivity index (χ0) is 7.56. The molecule has 0 N–H and O–H groups in total. The summed E-state index contributed by atoms with van der Waals surface area (Å²) in [7, 11) is 0. The molecular formula is C6H9ClN2S. The lowest BCUT2D eigenvalue weighted by Crippen LogP contribution is -1.95. The van der Waals surface area contributed by atoms with Crippen LogP contribution in [0.25, 0.3) is 0 Å². The summed E-state index contributed by atoms with van der Waals surface area (Å²) < 4.78 is 4.59. The van der Waals surface area contributed by atoms with E-state index in [1.807, 2.05) is 0 Å². The molecule has 0 atom stereocenters. The van der Waals surface area contributed by atoms with E-state index in [1.165, 1.54) is 11.5 Å². The Hall–Kier alpha value is -0.150. The van der Waals surface area contributed by atoms with Gasteiger partial charge in [-0.05, 0) is 29.1 Å². The Morgan fingerprint density at radius 2 is 2.30 bits per heavy atom. The van der Waals surface area contributed by atoms with E-state index in [4.69, 9.17) is 11.6 Å². The van der Waals surface area contributed by atoms with Crippen LogP contribution in [0.5, 0.6) is 0 Å². The van der Waals surface area contributed by atoms with Gasteiger partial charge in [-0.25, -0.2) is 4.98 Å². The molecule has 0 spiro atoms. The number of rotatable bonds is 2. The fourth-order valence-corrected chi connectivity index (χ4v) is 1.32. The second-order valence-electron chi connectivity index (χ2n) is 2.56. The van der Waals surface area contributed by atoms with Crippen molar-refractivity contribution in [3.63, 3.8) is 0 Å². The molecule has 0 bridgehead atoms. The third kappa shape index (κ3) is 2.23. The van der Waals surface area contributed by atoms with Crippen molar-refractivity contribution < 1.29 is 0 Å². The second-order valence-corrected chi connectivity index (χ2v) is 3.90. The summed E-state index contributed by atoms with van der Waals surface area (Å²) >= 11 is 6.84. The molecule has 0 aromatic carbocycles. The fraction of sp³-hybridized carbons (Fsp3) is 0.667. The summed E-state index contributed by atoms with van der Waals surface area (Å²) in [5, 5.41) is 0. The molecule has 56 valence electrons. The molecule has 0 aliphatic heterocycles. The summed E-state index contributed by atoms with van der Waals surface area (Å²) in [4.78, 5) is 4.02. The first kappa shape index (κ1) is 7.95. The average Bonchev–Trinajstić information content (AvgIpc) is 2.13. The molecule has 0 radical (unpaired) electrons. The predicted molar refractivity (Wildman–Crippen MR) is 43.5 cm³/mol. The average molecular weight is 177 g/mol. The summed E-state index contributed by atoms with van der Waals surface area (Å²) in [5.41, 5.74) is 0. The quantitative estimate of drug-likeness (QED) is 0.692. The minimum absolute atomic E-state index is 0.538. The van der Waals surface area contributed by atoms with Gasteiger partial charge >= 0.3 is 0 Å².